The summed E-state index contributed by atoms with van der Waals surface area (Å²) >= 11 is 6.07. The summed E-state index contributed by atoms with van der Waals surface area (Å²) in [6.07, 6.45) is 0. The van der Waals surface area contributed by atoms with Crippen LogP contribution in [0.25, 0.3) is 0 Å². The molecule has 0 heterocycles. The van der Waals surface area contributed by atoms with Crippen molar-refractivity contribution in [3.8, 4) is 0 Å². The summed E-state index contributed by atoms with van der Waals surface area (Å²) in [6.45, 7) is 11.9. The van der Waals surface area contributed by atoms with Crippen LogP contribution in [0.1, 0.15) is 26.3 Å². The van der Waals surface area contributed by atoms with Crippen LogP contribution in [-0.4, -0.2) is 42.5 Å². The van der Waals surface area contributed by atoms with Gasteiger partial charge < -0.3 is 4.90 Å². The summed E-state index contributed by atoms with van der Waals surface area (Å²) in [5.41, 5.74) is 0.602. The van der Waals surface area contributed by atoms with Gasteiger partial charge in [-0.15, -0.1) is 0 Å². The van der Waals surface area contributed by atoms with Crippen LogP contribution in [0.3, 0.4) is 0 Å². The molecule has 0 aliphatic carbocycles. The molecule has 108 valence electrons. The fraction of sp³-hybridized carbons (Fsp3) is 0.600. The van der Waals surface area contributed by atoms with Crippen molar-refractivity contribution >= 4 is 11.6 Å². The average Bonchev–Trinajstić information content (AvgIpc) is 2.41. The van der Waals surface area contributed by atoms with Crippen molar-refractivity contribution in [1.82, 2.24) is 9.80 Å². The fourth-order valence-corrected chi connectivity index (χ4v) is 2.30. The normalized spacial score (nSPS) is 11.5. The Balaban J connectivity index is 2.61. The van der Waals surface area contributed by atoms with Crippen LogP contribution in [0.4, 0.5) is 4.39 Å². The number of hydrogen-bond acceptors (Lipinski definition) is 2. The zero-order valence-corrected chi connectivity index (χ0v) is 12.9. The van der Waals surface area contributed by atoms with Gasteiger partial charge in [-0.3, -0.25) is 4.90 Å². The number of rotatable bonds is 8. The largest absolute Gasteiger partial charge is 0.303 e. The molecule has 0 radical (unpaired) electrons. The van der Waals surface area contributed by atoms with Gasteiger partial charge in [0.25, 0.3) is 0 Å². The van der Waals surface area contributed by atoms with Crippen LogP contribution in [0.5, 0.6) is 0 Å². The maximum atomic E-state index is 13.8. The summed E-state index contributed by atoms with van der Waals surface area (Å²) in [7, 11) is 0. The minimum Gasteiger partial charge on any atom is -0.303 e. The Kier molecular flexibility index (Phi) is 7.36. The van der Waals surface area contributed by atoms with Crippen molar-refractivity contribution in [3.05, 3.63) is 34.6 Å². The third-order valence-corrected chi connectivity index (χ3v) is 3.87. The first-order valence-electron chi connectivity index (χ1n) is 6.99. The summed E-state index contributed by atoms with van der Waals surface area (Å²) in [5.74, 6) is -0.214. The Labute approximate surface area is 121 Å². The van der Waals surface area contributed by atoms with Crippen LogP contribution < -0.4 is 0 Å². The third kappa shape index (κ3) is 5.09. The maximum Gasteiger partial charge on any atom is 0.129 e. The first-order valence-corrected chi connectivity index (χ1v) is 7.37. The molecule has 0 unspecified atom stereocenters. The van der Waals surface area contributed by atoms with Gasteiger partial charge in [0.2, 0.25) is 0 Å². The highest BCUT2D eigenvalue weighted by molar-refractivity contribution is 6.31. The first kappa shape index (κ1) is 16.4. The molecule has 2 nitrogen and oxygen atoms in total. The zero-order valence-electron chi connectivity index (χ0n) is 12.1. The van der Waals surface area contributed by atoms with E-state index in [0.29, 0.717) is 17.1 Å². The van der Waals surface area contributed by atoms with E-state index in [1.165, 1.54) is 6.07 Å². The molecular formula is C15H24ClFN2. The van der Waals surface area contributed by atoms with Crippen LogP contribution >= 0.6 is 11.6 Å². The van der Waals surface area contributed by atoms with Crippen molar-refractivity contribution in [1.29, 1.82) is 0 Å². The number of halogens is 2. The monoisotopic (exact) mass is 286 g/mol. The number of nitrogens with zero attached hydrogens (tertiary/aromatic N) is 2. The van der Waals surface area contributed by atoms with Gasteiger partial charge in [0.1, 0.15) is 5.82 Å². The van der Waals surface area contributed by atoms with Crippen LogP contribution in [0, 0.1) is 5.82 Å². The second-order valence-electron chi connectivity index (χ2n) is 4.60. The van der Waals surface area contributed by atoms with Gasteiger partial charge in [0.15, 0.2) is 0 Å². The number of benzene rings is 1. The molecule has 0 amide bonds. The molecule has 19 heavy (non-hydrogen) atoms. The summed E-state index contributed by atoms with van der Waals surface area (Å²) < 4.78 is 13.8. The van der Waals surface area contributed by atoms with Gasteiger partial charge in [0, 0.05) is 30.2 Å². The molecule has 0 bridgehead atoms. The predicted octanol–water partition coefficient (Wildman–Crippen LogP) is 3.64. The molecule has 0 aromatic heterocycles. The van der Waals surface area contributed by atoms with Gasteiger partial charge in [-0.2, -0.15) is 0 Å². The number of hydrogen-bond donors (Lipinski definition) is 0. The van der Waals surface area contributed by atoms with Gasteiger partial charge in [-0.05, 0) is 31.8 Å². The summed E-state index contributed by atoms with van der Waals surface area (Å²) in [6, 6.07) is 4.87. The SMILES string of the molecule is CCN(CC)CCN(CC)Cc1c(F)cccc1Cl. The van der Waals surface area contributed by atoms with Gasteiger partial charge in [-0.25, -0.2) is 4.39 Å². The van der Waals surface area contributed by atoms with Crippen LogP contribution in [0.2, 0.25) is 5.02 Å². The minimum atomic E-state index is -0.214. The molecule has 0 aliphatic rings. The lowest BCUT2D eigenvalue weighted by atomic mass is 10.2. The van der Waals surface area contributed by atoms with Crippen LogP contribution in [-0.2, 0) is 6.54 Å². The third-order valence-electron chi connectivity index (χ3n) is 3.52. The second kappa shape index (κ2) is 8.51. The Hall–Kier alpha value is -0.640. The molecule has 1 aromatic carbocycles. The van der Waals surface area contributed by atoms with E-state index in [-0.39, 0.29) is 5.82 Å². The molecule has 0 N–H and O–H groups in total. The topological polar surface area (TPSA) is 6.48 Å². The van der Waals surface area contributed by atoms with E-state index in [4.69, 9.17) is 11.6 Å². The molecule has 0 saturated heterocycles. The Bertz CT molecular complexity index is 360. The van der Waals surface area contributed by atoms with E-state index in [9.17, 15) is 4.39 Å². The molecule has 1 rings (SSSR count). The molecule has 0 saturated carbocycles. The Morgan fingerprint density at radius 1 is 1.00 bits per heavy atom. The van der Waals surface area contributed by atoms with Crippen molar-refractivity contribution in [2.75, 3.05) is 32.7 Å². The van der Waals surface area contributed by atoms with Crippen molar-refractivity contribution in [2.45, 2.75) is 27.3 Å². The highest BCUT2D eigenvalue weighted by Gasteiger charge is 2.12. The van der Waals surface area contributed by atoms with Crippen molar-refractivity contribution in [3.63, 3.8) is 0 Å². The lowest BCUT2D eigenvalue weighted by Crippen LogP contribution is -2.35. The quantitative estimate of drug-likeness (QED) is 0.720. The second-order valence-corrected chi connectivity index (χ2v) is 5.00. The van der Waals surface area contributed by atoms with E-state index in [0.717, 1.165) is 32.7 Å². The first-order chi connectivity index (χ1) is 9.12. The van der Waals surface area contributed by atoms with E-state index in [1.54, 1.807) is 12.1 Å². The van der Waals surface area contributed by atoms with E-state index >= 15 is 0 Å². The Morgan fingerprint density at radius 3 is 2.11 bits per heavy atom. The van der Waals surface area contributed by atoms with E-state index < -0.39 is 0 Å². The van der Waals surface area contributed by atoms with Crippen molar-refractivity contribution < 1.29 is 4.39 Å². The predicted molar refractivity (Wildman–Crippen MR) is 80.1 cm³/mol. The molecule has 4 heteroatoms. The molecule has 0 aliphatic heterocycles. The number of likely N-dealkylation sites (N-methyl/N-ethyl adjacent to an activating group) is 2. The molecular weight excluding hydrogens is 263 g/mol. The standard InChI is InChI=1S/C15H24ClFN2/c1-4-18(5-2)10-11-19(6-3)12-13-14(16)8-7-9-15(13)17/h7-9H,4-6,10-12H2,1-3H3. The van der Waals surface area contributed by atoms with Gasteiger partial charge in [-0.1, -0.05) is 38.4 Å². The summed E-state index contributed by atoms with van der Waals surface area (Å²) in [5, 5.41) is 0.515. The fourth-order valence-electron chi connectivity index (χ4n) is 2.08. The highest BCUT2D eigenvalue weighted by atomic mass is 35.5. The minimum absolute atomic E-state index is 0.214. The average molecular weight is 287 g/mol. The van der Waals surface area contributed by atoms with Crippen LogP contribution in [0.15, 0.2) is 18.2 Å². The zero-order chi connectivity index (χ0) is 14.3. The van der Waals surface area contributed by atoms with E-state index in [2.05, 4.69) is 30.6 Å². The molecule has 0 fully saturated rings. The van der Waals surface area contributed by atoms with Crippen molar-refractivity contribution in [2.24, 2.45) is 0 Å². The lowest BCUT2D eigenvalue weighted by molar-refractivity contribution is 0.213. The highest BCUT2D eigenvalue weighted by Crippen LogP contribution is 2.20. The molecule has 1 aromatic rings. The lowest BCUT2D eigenvalue weighted by Gasteiger charge is -2.25. The molecule has 0 atom stereocenters. The van der Waals surface area contributed by atoms with Gasteiger partial charge >= 0.3 is 0 Å². The molecule has 0 spiro atoms. The summed E-state index contributed by atoms with van der Waals surface area (Å²) in [4.78, 5) is 4.59. The Morgan fingerprint density at radius 2 is 1.58 bits per heavy atom. The smallest absolute Gasteiger partial charge is 0.129 e. The van der Waals surface area contributed by atoms with E-state index in [1.807, 2.05) is 0 Å². The van der Waals surface area contributed by atoms with Gasteiger partial charge in [0.05, 0.1) is 0 Å². The maximum absolute atomic E-state index is 13.8.